The van der Waals surface area contributed by atoms with Gasteiger partial charge in [0, 0.05) is 25.1 Å². The smallest absolute Gasteiger partial charge is 0.416 e. The summed E-state index contributed by atoms with van der Waals surface area (Å²) < 4.78 is 47.7. The van der Waals surface area contributed by atoms with Crippen LogP contribution in [0.2, 0.25) is 0 Å². The average molecular weight is 601 g/mol. The summed E-state index contributed by atoms with van der Waals surface area (Å²) in [5.41, 5.74) is -0.762. The summed E-state index contributed by atoms with van der Waals surface area (Å²) in [6.07, 6.45) is -4.60. The minimum absolute atomic E-state index is 0.211. The van der Waals surface area contributed by atoms with E-state index >= 15 is 0 Å². The van der Waals surface area contributed by atoms with E-state index in [1.807, 2.05) is 13.0 Å². The Bertz CT molecular complexity index is 1340. The van der Waals surface area contributed by atoms with Crippen LogP contribution >= 0.6 is 11.5 Å². The number of aliphatic hydroxyl groups is 1. The molecular formula is C25H27F3N4O8S. The molecule has 222 valence electrons. The molecule has 1 fully saturated rings. The van der Waals surface area contributed by atoms with Crippen molar-refractivity contribution < 1.29 is 52.5 Å². The van der Waals surface area contributed by atoms with Gasteiger partial charge < -0.3 is 24.9 Å². The molecule has 1 aliphatic heterocycles. The summed E-state index contributed by atoms with van der Waals surface area (Å²) in [5, 5.41) is 42.1. The molecule has 1 aromatic carbocycles. The van der Waals surface area contributed by atoms with Gasteiger partial charge in [0.25, 0.3) is 0 Å². The first kappa shape index (κ1) is 31.6. The molecule has 12 nitrogen and oxygen atoms in total. The van der Waals surface area contributed by atoms with Crippen molar-refractivity contribution >= 4 is 29.4 Å². The molecule has 4 rings (SSSR count). The van der Waals surface area contributed by atoms with Crippen LogP contribution in [-0.4, -0.2) is 76.7 Å². The zero-order valence-corrected chi connectivity index (χ0v) is 22.5. The van der Waals surface area contributed by atoms with Crippen LogP contribution in [0, 0.1) is 6.92 Å². The quantitative estimate of drug-likeness (QED) is 0.280. The third-order valence-corrected chi connectivity index (χ3v) is 6.99. The lowest BCUT2D eigenvalue weighted by atomic mass is 9.93. The molecular weight excluding hydrogens is 573 g/mol. The van der Waals surface area contributed by atoms with Crippen LogP contribution in [0.3, 0.4) is 0 Å². The van der Waals surface area contributed by atoms with Crippen molar-refractivity contribution in [3.05, 3.63) is 52.8 Å². The normalized spacial score (nSPS) is 16.1. The molecule has 0 amide bonds. The standard InChI is InChI=1S/C19H19F3N4OS.C6H8O7/c1-12-9-16(27-24-12)18-17(23-25-28-18)14-3-2-8-26(11-14)10-13-4-6-15(7-5-13)19(20,21)22;7-3(8)1-6(13,5(11)12)2-4(9)10/h4-7,9,14H,2-3,8,10-11H2,1H3;13H,1-2H2,(H,7,8)(H,9,10)(H,11,12). The number of aromatic nitrogens is 3. The van der Waals surface area contributed by atoms with E-state index in [4.69, 9.17) is 24.9 Å². The van der Waals surface area contributed by atoms with Crippen molar-refractivity contribution in [1.29, 1.82) is 0 Å². The Kier molecular flexibility index (Phi) is 10.2. The number of hydrogen-bond donors (Lipinski definition) is 4. The van der Waals surface area contributed by atoms with Gasteiger partial charge in [-0.25, -0.2) is 4.79 Å². The molecule has 0 spiro atoms. The highest BCUT2D eigenvalue weighted by Gasteiger charge is 2.40. The van der Waals surface area contributed by atoms with Crippen molar-refractivity contribution in [2.75, 3.05) is 13.1 Å². The summed E-state index contributed by atoms with van der Waals surface area (Å²) in [5.74, 6) is -4.13. The summed E-state index contributed by atoms with van der Waals surface area (Å²) in [6.45, 7) is 4.18. The molecule has 1 saturated heterocycles. The number of carbonyl (C=O) groups is 3. The third-order valence-electron chi connectivity index (χ3n) is 6.23. The van der Waals surface area contributed by atoms with E-state index in [0.29, 0.717) is 12.3 Å². The maximum atomic E-state index is 12.7. The highest BCUT2D eigenvalue weighted by atomic mass is 32.1. The van der Waals surface area contributed by atoms with Crippen molar-refractivity contribution in [2.24, 2.45) is 0 Å². The molecule has 0 bridgehead atoms. The zero-order valence-electron chi connectivity index (χ0n) is 21.7. The van der Waals surface area contributed by atoms with Gasteiger partial charge in [-0.2, -0.15) is 13.2 Å². The zero-order chi connectivity index (χ0) is 30.4. The third kappa shape index (κ3) is 8.80. The molecule has 0 aliphatic carbocycles. The fourth-order valence-corrected chi connectivity index (χ4v) is 5.00. The Hall–Kier alpha value is -3.89. The van der Waals surface area contributed by atoms with Crippen molar-refractivity contribution in [3.63, 3.8) is 0 Å². The molecule has 0 saturated carbocycles. The number of alkyl halides is 3. The number of carboxylic acids is 3. The number of piperidine rings is 1. The van der Waals surface area contributed by atoms with E-state index in [0.717, 1.165) is 59.9 Å². The van der Waals surface area contributed by atoms with Crippen LogP contribution in [0.5, 0.6) is 0 Å². The lowest BCUT2D eigenvalue weighted by molar-refractivity contribution is -0.170. The largest absolute Gasteiger partial charge is 0.481 e. The summed E-state index contributed by atoms with van der Waals surface area (Å²) >= 11 is 1.30. The number of carboxylic acid groups (broad SMARTS) is 3. The lowest BCUT2D eigenvalue weighted by Gasteiger charge is -2.32. The van der Waals surface area contributed by atoms with E-state index in [-0.39, 0.29) is 5.92 Å². The molecule has 1 atom stereocenters. The fourth-order valence-electron chi connectivity index (χ4n) is 4.30. The van der Waals surface area contributed by atoms with Crippen molar-refractivity contribution in [2.45, 2.75) is 56.8 Å². The highest BCUT2D eigenvalue weighted by Crippen LogP contribution is 2.36. The predicted molar refractivity (Wildman–Crippen MR) is 136 cm³/mol. The number of aliphatic carboxylic acids is 3. The molecule has 2 aromatic heterocycles. The molecule has 1 unspecified atom stereocenters. The number of likely N-dealkylation sites (tertiary alicyclic amines) is 1. The van der Waals surface area contributed by atoms with Crippen LogP contribution in [0.4, 0.5) is 13.2 Å². The van der Waals surface area contributed by atoms with E-state index in [2.05, 4.69) is 19.6 Å². The maximum absolute atomic E-state index is 12.7. The topological polar surface area (TPSA) is 187 Å². The highest BCUT2D eigenvalue weighted by molar-refractivity contribution is 7.09. The van der Waals surface area contributed by atoms with E-state index in [9.17, 15) is 27.6 Å². The summed E-state index contributed by atoms with van der Waals surface area (Å²) in [4.78, 5) is 33.6. The van der Waals surface area contributed by atoms with Gasteiger partial charge in [-0.15, -0.1) is 5.10 Å². The second-order valence-corrected chi connectivity index (χ2v) is 10.3. The first-order valence-electron chi connectivity index (χ1n) is 12.2. The SMILES string of the molecule is Cc1cc(-c2snnc2C2CCCN(Cc3ccc(C(F)(F)F)cc3)C2)on1.O=C(O)CC(O)(CC(=O)O)C(=O)O. The molecule has 0 radical (unpaired) electrons. The number of halogens is 3. The van der Waals surface area contributed by atoms with Gasteiger partial charge in [0.1, 0.15) is 4.88 Å². The molecule has 16 heteroatoms. The summed E-state index contributed by atoms with van der Waals surface area (Å²) in [7, 11) is 0. The number of aryl methyl sites for hydroxylation is 1. The monoisotopic (exact) mass is 600 g/mol. The number of hydrogen-bond acceptors (Lipinski definition) is 10. The molecule has 1 aliphatic rings. The molecule has 3 heterocycles. The van der Waals surface area contributed by atoms with Crippen LogP contribution in [0.25, 0.3) is 10.6 Å². The van der Waals surface area contributed by atoms with Gasteiger partial charge in [-0.05, 0) is 55.5 Å². The molecule has 4 N–H and O–H groups in total. The van der Waals surface area contributed by atoms with Crippen LogP contribution < -0.4 is 0 Å². The number of rotatable bonds is 9. The fraction of sp³-hybridized carbons (Fsp3) is 0.440. The molecule has 3 aromatic rings. The second kappa shape index (κ2) is 13.2. The predicted octanol–water partition coefficient (Wildman–Crippen LogP) is 3.65. The van der Waals surface area contributed by atoms with Gasteiger partial charge in [0.15, 0.2) is 11.4 Å². The van der Waals surface area contributed by atoms with Gasteiger partial charge in [0.2, 0.25) is 0 Å². The molecule has 41 heavy (non-hydrogen) atoms. The first-order valence-corrected chi connectivity index (χ1v) is 13.0. The van der Waals surface area contributed by atoms with Gasteiger partial charge in [-0.1, -0.05) is 21.8 Å². The van der Waals surface area contributed by atoms with Gasteiger partial charge in [-0.3, -0.25) is 14.5 Å². The van der Waals surface area contributed by atoms with Gasteiger partial charge in [0.05, 0.1) is 29.8 Å². The lowest BCUT2D eigenvalue weighted by Crippen LogP contribution is -2.42. The Balaban J connectivity index is 0.000000302. The maximum Gasteiger partial charge on any atom is 0.416 e. The minimum atomic E-state index is -4.30. The number of benzene rings is 1. The Morgan fingerprint density at radius 2 is 1.73 bits per heavy atom. The van der Waals surface area contributed by atoms with Crippen molar-refractivity contribution in [3.8, 4) is 10.6 Å². The summed E-state index contributed by atoms with van der Waals surface area (Å²) in [6, 6.07) is 7.28. The van der Waals surface area contributed by atoms with E-state index in [1.54, 1.807) is 12.1 Å². The minimum Gasteiger partial charge on any atom is -0.481 e. The van der Waals surface area contributed by atoms with Gasteiger partial charge >= 0.3 is 24.1 Å². The van der Waals surface area contributed by atoms with E-state index < -0.39 is 48.1 Å². The van der Waals surface area contributed by atoms with Crippen LogP contribution in [0.15, 0.2) is 34.9 Å². The van der Waals surface area contributed by atoms with E-state index in [1.165, 1.54) is 11.5 Å². The Morgan fingerprint density at radius 3 is 2.24 bits per heavy atom. The Morgan fingerprint density at radius 1 is 1.10 bits per heavy atom. The first-order chi connectivity index (χ1) is 19.2. The van der Waals surface area contributed by atoms with Crippen LogP contribution in [-0.2, 0) is 27.1 Å². The van der Waals surface area contributed by atoms with Crippen molar-refractivity contribution in [1.82, 2.24) is 19.6 Å². The average Bonchev–Trinajstić information content (AvgIpc) is 3.52. The van der Waals surface area contributed by atoms with Crippen LogP contribution in [0.1, 0.15) is 54.1 Å². The Labute approximate surface area is 235 Å². The second-order valence-electron chi connectivity index (χ2n) is 9.57. The number of nitrogens with zero attached hydrogens (tertiary/aromatic N) is 4.